The van der Waals surface area contributed by atoms with Gasteiger partial charge in [-0.1, -0.05) is 30.3 Å². The summed E-state index contributed by atoms with van der Waals surface area (Å²) in [6.45, 7) is 2.63. The molecule has 1 aromatic heterocycles. The van der Waals surface area contributed by atoms with Crippen LogP contribution in [0.1, 0.15) is 42.3 Å². The van der Waals surface area contributed by atoms with Gasteiger partial charge in [0.25, 0.3) is 0 Å². The number of hydrogen-bond acceptors (Lipinski definition) is 6. The van der Waals surface area contributed by atoms with Gasteiger partial charge in [0.2, 0.25) is 5.91 Å². The van der Waals surface area contributed by atoms with Crippen molar-refractivity contribution in [1.29, 1.82) is 0 Å². The van der Waals surface area contributed by atoms with Crippen LogP contribution in [-0.2, 0) is 4.79 Å². The third kappa shape index (κ3) is 3.98. The summed E-state index contributed by atoms with van der Waals surface area (Å²) in [5, 5.41) is 0. The second-order valence-corrected chi connectivity index (χ2v) is 8.64. The topological polar surface area (TPSA) is 81.3 Å². The van der Waals surface area contributed by atoms with Gasteiger partial charge in [0.1, 0.15) is 6.04 Å². The Morgan fingerprint density at radius 1 is 0.933 bits per heavy atom. The third-order valence-electron chi connectivity index (χ3n) is 6.92. The van der Waals surface area contributed by atoms with Gasteiger partial charge in [-0.2, -0.15) is 0 Å². The second kappa shape index (κ2) is 8.81. The van der Waals surface area contributed by atoms with Crippen LogP contribution in [-0.4, -0.2) is 47.5 Å². The van der Waals surface area contributed by atoms with E-state index < -0.39 is 0 Å². The molecule has 30 heavy (non-hydrogen) atoms. The number of piperidine rings is 1. The average molecular weight is 407 g/mol. The van der Waals surface area contributed by atoms with E-state index in [0.29, 0.717) is 17.9 Å². The number of nitrogens with zero attached hydrogens (tertiary/aromatic N) is 2. The highest BCUT2D eigenvalue weighted by atomic mass is 16.2. The lowest BCUT2D eigenvalue weighted by Gasteiger charge is -2.37. The number of benzene rings is 1. The third-order valence-corrected chi connectivity index (χ3v) is 6.92. The Kier molecular flexibility index (Phi) is 5.77. The molecule has 0 radical (unpaired) electrons. The van der Waals surface area contributed by atoms with Crippen molar-refractivity contribution in [3.63, 3.8) is 0 Å². The lowest BCUT2D eigenvalue weighted by Crippen LogP contribution is -2.50. The second-order valence-electron chi connectivity index (χ2n) is 8.64. The predicted molar refractivity (Wildman–Crippen MR) is 115 cm³/mol. The summed E-state index contributed by atoms with van der Waals surface area (Å²) >= 11 is 0. The van der Waals surface area contributed by atoms with Gasteiger partial charge in [0, 0.05) is 50.0 Å². The zero-order valence-electron chi connectivity index (χ0n) is 17.1. The van der Waals surface area contributed by atoms with Crippen LogP contribution in [0, 0.1) is 5.92 Å². The molecule has 0 aliphatic carbocycles. The molecule has 3 aliphatic rings. The molecule has 7 heteroatoms. The standard InChI is InChI=1S/C23H30N6O/c30-23(21-14-20(26-27-21)17-6-10-24-11-7-17)29-12-8-18(9-13-29)22-19(15-25-28-22)16-4-2-1-3-5-16/h1-7,10-11,18-22,25-28H,8-9,12-15H2. The number of hydrogen-bond donors (Lipinski definition) is 4. The van der Waals surface area contributed by atoms with Crippen molar-refractivity contribution in [3.8, 4) is 0 Å². The van der Waals surface area contributed by atoms with Crippen molar-refractivity contribution < 1.29 is 4.79 Å². The summed E-state index contributed by atoms with van der Waals surface area (Å²) in [7, 11) is 0. The van der Waals surface area contributed by atoms with Crippen LogP contribution in [0.2, 0.25) is 0 Å². The van der Waals surface area contributed by atoms with Gasteiger partial charge < -0.3 is 4.90 Å². The fourth-order valence-corrected chi connectivity index (χ4v) is 5.22. The molecule has 7 nitrogen and oxygen atoms in total. The van der Waals surface area contributed by atoms with Crippen molar-refractivity contribution in [2.45, 2.75) is 43.3 Å². The highest BCUT2D eigenvalue weighted by Gasteiger charge is 2.39. The first-order valence-electron chi connectivity index (χ1n) is 11.0. The first-order chi connectivity index (χ1) is 14.8. The van der Waals surface area contributed by atoms with Crippen LogP contribution < -0.4 is 21.7 Å². The molecule has 0 spiro atoms. The molecule has 3 fully saturated rings. The van der Waals surface area contributed by atoms with E-state index >= 15 is 0 Å². The summed E-state index contributed by atoms with van der Waals surface area (Å²) in [4.78, 5) is 19.2. The van der Waals surface area contributed by atoms with Crippen LogP contribution in [0.4, 0.5) is 0 Å². The van der Waals surface area contributed by atoms with E-state index in [1.54, 1.807) is 12.4 Å². The van der Waals surface area contributed by atoms with Crippen LogP contribution >= 0.6 is 0 Å². The van der Waals surface area contributed by atoms with Crippen molar-refractivity contribution in [1.82, 2.24) is 31.6 Å². The number of nitrogens with one attached hydrogen (secondary N) is 4. The maximum absolute atomic E-state index is 13.1. The van der Waals surface area contributed by atoms with Gasteiger partial charge in [-0.3, -0.25) is 20.6 Å². The molecule has 4 heterocycles. The quantitative estimate of drug-likeness (QED) is 0.616. The monoisotopic (exact) mass is 406 g/mol. The Hall–Kier alpha value is -2.32. The van der Waals surface area contributed by atoms with E-state index in [0.717, 1.165) is 38.9 Å². The maximum atomic E-state index is 13.1. The van der Waals surface area contributed by atoms with Crippen molar-refractivity contribution in [2.75, 3.05) is 19.6 Å². The van der Waals surface area contributed by atoms with Gasteiger partial charge >= 0.3 is 0 Å². The van der Waals surface area contributed by atoms with E-state index in [1.165, 1.54) is 11.1 Å². The van der Waals surface area contributed by atoms with Gasteiger partial charge in [0.05, 0.1) is 0 Å². The fourth-order valence-electron chi connectivity index (χ4n) is 5.22. The molecule has 3 aliphatic heterocycles. The molecule has 4 unspecified atom stereocenters. The lowest BCUT2D eigenvalue weighted by molar-refractivity contribution is -0.134. The van der Waals surface area contributed by atoms with Crippen LogP contribution in [0.3, 0.4) is 0 Å². The predicted octanol–water partition coefficient (Wildman–Crippen LogP) is 1.49. The van der Waals surface area contributed by atoms with E-state index in [9.17, 15) is 4.79 Å². The van der Waals surface area contributed by atoms with Crippen molar-refractivity contribution >= 4 is 5.91 Å². The SMILES string of the molecule is O=C(C1CC(c2ccncc2)NN1)N1CCC(C2NNCC2c2ccccc2)CC1. The number of carbonyl (C=O) groups excluding carboxylic acids is 1. The lowest BCUT2D eigenvalue weighted by atomic mass is 9.80. The number of hydrazine groups is 2. The number of likely N-dealkylation sites (tertiary alicyclic amines) is 1. The van der Waals surface area contributed by atoms with E-state index in [-0.39, 0.29) is 18.0 Å². The molecule has 4 atom stereocenters. The minimum atomic E-state index is -0.164. The first kappa shape index (κ1) is 19.6. The van der Waals surface area contributed by atoms with Crippen molar-refractivity contribution in [3.05, 3.63) is 66.0 Å². The first-order valence-corrected chi connectivity index (χ1v) is 11.0. The number of pyridine rings is 1. The molecule has 1 amide bonds. The molecule has 158 valence electrons. The Morgan fingerprint density at radius 3 is 2.47 bits per heavy atom. The van der Waals surface area contributed by atoms with E-state index in [4.69, 9.17) is 0 Å². The van der Waals surface area contributed by atoms with Crippen LogP contribution in [0.5, 0.6) is 0 Å². The van der Waals surface area contributed by atoms with Gasteiger partial charge in [-0.15, -0.1) is 0 Å². The number of aromatic nitrogens is 1. The van der Waals surface area contributed by atoms with Crippen LogP contribution in [0.25, 0.3) is 0 Å². The Morgan fingerprint density at radius 2 is 1.70 bits per heavy atom. The summed E-state index contributed by atoms with van der Waals surface area (Å²) in [5.74, 6) is 1.28. The zero-order valence-corrected chi connectivity index (χ0v) is 17.1. The minimum Gasteiger partial charge on any atom is -0.341 e. The van der Waals surface area contributed by atoms with Gasteiger partial charge in [-0.05, 0) is 48.4 Å². The molecular formula is C23H30N6O. The molecule has 4 N–H and O–H groups in total. The smallest absolute Gasteiger partial charge is 0.241 e. The molecule has 5 rings (SSSR count). The summed E-state index contributed by atoms with van der Waals surface area (Å²) in [6.07, 6.45) is 6.45. The summed E-state index contributed by atoms with van der Waals surface area (Å²) < 4.78 is 0. The highest BCUT2D eigenvalue weighted by Crippen LogP contribution is 2.33. The number of amides is 1. The van der Waals surface area contributed by atoms with Crippen molar-refractivity contribution in [2.24, 2.45) is 5.92 Å². The molecule has 3 saturated heterocycles. The summed E-state index contributed by atoms with van der Waals surface area (Å²) in [6, 6.07) is 15.2. The molecular weight excluding hydrogens is 376 g/mol. The average Bonchev–Trinajstić information content (AvgIpc) is 3.50. The Balaban J connectivity index is 1.16. The van der Waals surface area contributed by atoms with Crippen LogP contribution in [0.15, 0.2) is 54.9 Å². The fraction of sp³-hybridized carbons (Fsp3) is 0.478. The van der Waals surface area contributed by atoms with E-state index in [1.807, 2.05) is 17.0 Å². The minimum absolute atomic E-state index is 0.153. The maximum Gasteiger partial charge on any atom is 0.241 e. The Bertz CT molecular complexity index is 839. The largest absolute Gasteiger partial charge is 0.341 e. The van der Waals surface area contributed by atoms with E-state index in [2.05, 4.69) is 57.0 Å². The van der Waals surface area contributed by atoms with Gasteiger partial charge in [0.15, 0.2) is 0 Å². The molecule has 2 aromatic rings. The summed E-state index contributed by atoms with van der Waals surface area (Å²) in [5.41, 5.74) is 15.9. The zero-order chi connectivity index (χ0) is 20.3. The molecule has 1 aromatic carbocycles. The highest BCUT2D eigenvalue weighted by molar-refractivity contribution is 5.82. The molecule has 0 saturated carbocycles. The molecule has 0 bridgehead atoms. The van der Waals surface area contributed by atoms with Gasteiger partial charge in [-0.25, -0.2) is 10.9 Å². The normalized spacial score (nSPS) is 29.9. The Labute approximate surface area is 177 Å². The number of carbonyl (C=O) groups is 1. The number of rotatable bonds is 4.